The number of fused-ring (bicyclic) bond motifs is 2. The topological polar surface area (TPSA) is 328 Å². The van der Waals surface area contributed by atoms with Gasteiger partial charge in [0.1, 0.15) is 37.1 Å². The number of aliphatic hydroxyl groups is 2. The number of ether oxygens (including phenoxy) is 2. The van der Waals surface area contributed by atoms with E-state index in [9.17, 15) is 38.7 Å². The largest absolute Gasteiger partial charge is 0.695 e. The zero-order chi connectivity index (χ0) is 65.3. The minimum Gasteiger partial charge on any atom is -0.566 e. The van der Waals surface area contributed by atoms with Crippen molar-refractivity contribution in [1.29, 1.82) is 0 Å². The number of hydrogen-bond donors (Lipinski definition) is 7. The Balaban J connectivity index is 0.000000310. The van der Waals surface area contributed by atoms with Crippen molar-refractivity contribution in [2.24, 2.45) is 0 Å². The van der Waals surface area contributed by atoms with Crippen molar-refractivity contribution >= 4 is 78.9 Å². The summed E-state index contributed by atoms with van der Waals surface area (Å²) in [6.45, 7) is 40.5. The van der Waals surface area contributed by atoms with E-state index in [-0.39, 0.29) is 41.0 Å². The molecule has 6 heterocycles. The molecular weight excluding hydrogens is 1220 g/mol. The highest BCUT2D eigenvalue weighted by Crippen LogP contribution is 2.46. The SMILES string of the molecule is C.CC(C)(C)[Si](C)(C)O[C@@H]1[C@H](O[P+](=O)O)[C@@H](CO)O[C@H]1n1cnc2c(NC(=O)c3ccccc3)ncnc21.CC(C)(C)[Si](C)(C)O[C@@H]1[C@H](O[P+](=O)[O-])[C@@H](CO)O[C@H]1n1cnc2c(NC(=O)c3ccccc3)ncnc21.CC[NH+](CC)CC.CC[NH+](CC)CC. The average Bonchev–Trinajstić information content (AvgIpc) is 3.83. The number of aliphatic hydroxyl groups excluding tert-OH is 2. The molecule has 7 N–H and O–H groups in total. The first-order valence-electron chi connectivity index (χ1n) is 29.8. The Morgan fingerprint density at radius 3 is 1.20 bits per heavy atom. The summed E-state index contributed by atoms with van der Waals surface area (Å²) in [4.78, 5) is 75.7. The van der Waals surface area contributed by atoms with Gasteiger partial charge in [-0.05, 0) is 107 Å². The van der Waals surface area contributed by atoms with Crippen LogP contribution in [0.4, 0.5) is 11.6 Å². The molecule has 89 heavy (non-hydrogen) atoms. The quantitative estimate of drug-likeness (QED) is 0.0276. The molecule has 2 fully saturated rings. The number of anilines is 2. The Bertz CT molecular complexity index is 2970. The summed E-state index contributed by atoms with van der Waals surface area (Å²) >= 11 is 0. The second-order valence-electron chi connectivity index (χ2n) is 24.1. The van der Waals surface area contributed by atoms with Gasteiger partial charge in [0.25, 0.3) is 11.8 Å². The summed E-state index contributed by atoms with van der Waals surface area (Å²) in [5, 5.41) is 25.1. The van der Waals surface area contributed by atoms with E-state index >= 15 is 0 Å². The number of nitrogens with zero attached hydrogens (tertiary/aromatic N) is 8. The standard InChI is InChI=1S/2C23H30N5O7PSi.2C6H15N.CH4/c2*1-23(2,3)37(4,5)35-18-17(34-36(31)32)15(11-29)33-22(18)28-13-26-16-19(24-12-25-20(16)28)27-21(30)14-9-7-6-8-10-14;2*1-4-7(5-2)6-3;/h6-10,12-13,15,17-18,22,29H,11H2,1-5H3,(H-,24,25,27,30,31,32);6-10,12-13,15,17-18,22,29H,11H2,1-5H3,(H,24,25,27,30);2*4-6H2,1-3H3;1H4/p+3/t2*15-,17-,18-,22-;;;/m11.../s1. The number of carbonyl (C=O) groups is 2. The zero-order valence-electron chi connectivity index (χ0n) is 53.7. The first-order chi connectivity index (χ1) is 41.5. The van der Waals surface area contributed by atoms with Crippen molar-refractivity contribution in [2.45, 2.75) is 176 Å². The molecule has 26 nitrogen and oxygen atoms in total. The molecule has 2 saturated heterocycles. The van der Waals surface area contributed by atoms with E-state index in [1.54, 1.807) is 67.5 Å². The maximum absolute atomic E-state index is 12.7. The van der Waals surface area contributed by atoms with Crippen LogP contribution in [0.3, 0.4) is 0 Å². The maximum Gasteiger partial charge on any atom is 0.695 e. The number of benzene rings is 2. The Labute approximate surface area is 527 Å². The molecule has 0 bridgehead atoms. The molecule has 8 rings (SSSR count). The molecule has 6 aromatic rings. The van der Waals surface area contributed by atoms with Gasteiger partial charge in [0, 0.05) is 15.7 Å². The smallest absolute Gasteiger partial charge is 0.566 e. The zero-order valence-corrected chi connectivity index (χ0v) is 57.5. The summed E-state index contributed by atoms with van der Waals surface area (Å²) in [5.41, 5.74) is 2.21. The molecule has 30 heteroatoms. The highest BCUT2D eigenvalue weighted by molar-refractivity contribution is 7.32. The van der Waals surface area contributed by atoms with Crippen molar-refractivity contribution in [2.75, 3.05) is 63.1 Å². The van der Waals surface area contributed by atoms with Crippen molar-refractivity contribution in [3.8, 4) is 0 Å². The Hall–Kier alpha value is -5.37. The predicted molar refractivity (Wildman–Crippen MR) is 345 cm³/mol. The third kappa shape index (κ3) is 19.8. The molecule has 2 aliphatic heterocycles. The van der Waals surface area contributed by atoms with Crippen LogP contribution in [-0.4, -0.2) is 172 Å². The average molecular weight is 1320 g/mol. The van der Waals surface area contributed by atoms with Crippen molar-refractivity contribution in [3.05, 3.63) is 97.1 Å². The summed E-state index contributed by atoms with van der Waals surface area (Å²) in [7, 11) is -11.1. The van der Waals surface area contributed by atoms with E-state index in [0.717, 1.165) is 0 Å². The molecule has 0 spiro atoms. The van der Waals surface area contributed by atoms with Gasteiger partial charge in [-0.2, -0.15) is 0 Å². The summed E-state index contributed by atoms with van der Waals surface area (Å²) in [5.74, 6) is -0.305. The van der Waals surface area contributed by atoms with Gasteiger partial charge in [-0.3, -0.25) is 18.7 Å². The molecule has 4 aromatic heterocycles. The molecular formula is C59H97N12O14P2Si2+3. The normalized spacial score (nSPS) is 20.6. The lowest BCUT2D eigenvalue weighted by atomic mass is 10.1. The highest BCUT2D eigenvalue weighted by atomic mass is 31.1. The van der Waals surface area contributed by atoms with Gasteiger partial charge in [0.2, 0.25) is 0 Å². The number of imidazole rings is 2. The maximum atomic E-state index is 12.7. The number of nitrogens with one attached hydrogen (secondary N) is 4. The van der Waals surface area contributed by atoms with Gasteiger partial charge < -0.3 is 53.9 Å². The molecule has 0 radical (unpaired) electrons. The van der Waals surface area contributed by atoms with Crippen molar-refractivity contribution < 1.29 is 75.9 Å². The van der Waals surface area contributed by atoms with E-state index in [4.69, 9.17) is 27.4 Å². The number of rotatable bonds is 22. The lowest BCUT2D eigenvalue weighted by Crippen LogP contribution is -3.11. The molecule has 2 aliphatic rings. The molecule has 0 saturated carbocycles. The third-order valence-corrected chi connectivity index (χ3v) is 26.4. The van der Waals surface area contributed by atoms with Crippen LogP contribution < -0.4 is 25.3 Å². The number of hydrogen-bond acceptors (Lipinski definition) is 19. The molecule has 2 aromatic carbocycles. The van der Waals surface area contributed by atoms with Gasteiger partial charge in [-0.1, -0.05) is 85.4 Å². The highest BCUT2D eigenvalue weighted by Gasteiger charge is 2.56. The minimum absolute atomic E-state index is 0. The van der Waals surface area contributed by atoms with Crippen LogP contribution in [0, 0.1) is 0 Å². The lowest BCUT2D eigenvalue weighted by Gasteiger charge is -2.40. The summed E-state index contributed by atoms with van der Waals surface area (Å²) in [6.07, 6.45) is -2.03. The Kier molecular flexibility index (Phi) is 29.4. The van der Waals surface area contributed by atoms with E-state index in [1.807, 2.05) is 38.3 Å². The van der Waals surface area contributed by atoms with E-state index in [1.165, 1.54) is 64.6 Å². The van der Waals surface area contributed by atoms with Gasteiger partial charge in [-0.15, -0.1) is 13.9 Å². The molecule has 0 aliphatic carbocycles. The minimum atomic E-state index is -3.24. The van der Waals surface area contributed by atoms with Crippen LogP contribution in [-0.2, 0) is 36.5 Å². The van der Waals surface area contributed by atoms with Crippen molar-refractivity contribution in [1.82, 2.24) is 39.0 Å². The Morgan fingerprint density at radius 2 is 0.921 bits per heavy atom. The predicted octanol–water partition coefficient (Wildman–Crippen LogP) is 6.65. The lowest BCUT2D eigenvalue weighted by molar-refractivity contribution is -0.894. The summed E-state index contributed by atoms with van der Waals surface area (Å²) in [6, 6.07) is 17.4. The van der Waals surface area contributed by atoms with Gasteiger partial charge in [0.15, 0.2) is 75.3 Å². The van der Waals surface area contributed by atoms with Crippen LogP contribution in [0.15, 0.2) is 86.0 Å². The monoisotopic (exact) mass is 1320 g/mol. The second-order valence-corrected chi connectivity index (χ2v) is 35.0. The van der Waals surface area contributed by atoms with Crippen molar-refractivity contribution in [3.63, 3.8) is 0 Å². The van der Waals surface area contributed by atoms with Gasteiger partial charge in [-0.25, -0.2) is 29.9 Å². The van der Waals surface area contributed by atoms with Crippen LogP contribution in [0.1, 0.15) is 124 Å². The number of amides is 2. The fourth-order valence-electron chi connectivity index (χ4n) is 9.20. The molecule has 492 valence electrons. The van der Waals surface area contributed by atoms with E-state index in [2.05, 4.69) is 124 Å². The third-order valence-electron chi connectivity index (χ3n) is 16.6. The van der Waals surface area contributed by atoms with Crippen LogP contribution in [0.2, 0.25) is 36.3 Å². The second kappa shape index (κ2) is 34.3. The van der Waals surface area contributed by atoms with Crippen LogP contribution in [0.5, 0.6) is 0 Å². The fraction of sp³-hybridized carbons (Fsp3) is 0.593. The summed E-state index contributed by atoms with van der Waals surface area (Å²) < 4.78 is 62.3. The number of carbonyl (C=O) groups excluding carboxylic acids is 2. The molecule has 2 amide bonds. The van der Waals surface area contributed by atoms with Crippen LogP contribution in [0.25, 0.3) is 22.3 Å². The first kappa shape index (κ1) is 76.1. The Morgan fingerprint density at radius 1 is 0.584 bits per heavy atom. The van der Waals surface area contributed by atoms with E-state index in [0.29, 0.717) is 33.5 Å². The molecule has 10 atom stereocenters. The van der Waals surface area contributed by atoms with Gasteiger partial charge >= 0.3 is 16.5 Å². The van der Waals surface area contributed by atoms with E-state index < -0.39 is 95.4 Å². The molecule has 2 unspecified atom stereocenters. The first-order valence-corrected chi connectivity index (χ1v) is 37.9. The fourth-order valence-corrected chi connectivity index (χ4v) is 12.7. The van der Waals surface area contributed by atoms with Crippen LogP contribution >= 0.6 is 16.5 Å². The van der Waals surface area contributed by atoms with Gasteiger partial charge in [0.05, 0.1) is 65.1 Å². The number of quaternary nitrogens is 2. The number of aromatic nitrogens is 8.